The zero-order valence-electron chi connectivity index (χ0n) is 6.10. The fourth-order valence-corrected chi connectivity index (χ4v) is 0.816. The third kappa shape index (κ3) is 1.78. The average molecular weight is 170 g/mol. The van der Waals surface area contributed by atoms with Crippen molar-refractivity contribution in [1.82, 2.24) is 5.32 Å². The standard InChI is InChI=1S/C8H6F2NO/c9-7-3-1-2-6(8(7)10)4-11-5-12/h1-3H,4H2,(H,11,12). The maximum Gasteiger partial charge on any atom is 0.309 e. The van der Waals surface area contributed by atoms with Crippen LogP contribution in [-0.4, -0.2) is 6.41 Å². The van der Waals surface area contributed by atoms with E-state index in [9.17, 15) is 13.6 Å². The van der Waals surface area contributed by atoms with E-state index in [0.29, 0.717) is 0 Å². The van der Waals surface area contributed by atoms with Crippen LogP contribution >= 0.6 is 0 Å². The molecule has 0 bridgehead atoms. The highest BCUT2D eigenvalue weighted by molar-refractivity contribution is 5.47. The third-order valence-electron chi connectivity index (χ3n) is 1.38. The molecule has 63 valence electrons. The number of benzene rings is 1. The Morgan fingerprint density at radius 2 is 2.17 bits per heavy atom. The summed E-state index contributed by atoms with van der Waals surface area (Å²) < 4.78 is 25.3. The number of carbonyl (C=O) groups excluding carboxylic acids is 1. The summed E-state index contributed by atoms with van der Waals surface area (Å²) >= 11 is 0. The van der Waals surface area contributed by atoms with Gasteiger partial charge in [0.25, 0.3) is 0 Å². The number of amides is 1. The molecular formula is C8H6F2NO. The second-order valence-corrected chi connectivity index (χ2v) is 2.17. The molecule has 2 nitrogen and oxygen atoms in total. The molecule has 0 atom stereocenters. The summed E-state index contributed by atoms with van der Waals surface area (Å²) in [5.74, 6) is -1.85. The maximum absolute atomic E-state index is 12.8. The summed E-state index contributed by atoms with van der Waals surface area (Å²) in [5.41, 5.74) is 0.110. The topological polar surface area (TPSA) is 29.1 Å². The zero-order chi connectivity index (χ0) is 8.97. The smallest absolute Gasteiger partial charge is 0.309 e. The van der Waals surface area contributed by atoms with Crippen molar-refractivity contribution in [3.63, 3.8) is 0 Å². The van der Waals surface area contributed by atoms with Crippen LogP contribution in [0.2, 0.25) is 0 Å². The normalized spacial score (nSPS) is 9.50. The molecule has 0 fully saturated rings. The van der Waals surface area contributed by atoms with Gasteiger partial charge in [-0.15, -0.1) is 0 Å². The summed E-state index contributed by atoms with van der Waals surface area (Å²) in [7, 11) is 0. The van der Waals surface area contributed by atoms with Crippen LogP contribution in [0.4, 0.5) is 8.78 Å². The van der Waals surface area contributed by atoms with Gasteiger partial charge in [-0.05, 0) is 6.07 Å². The second kappa shape index (κ2) is 3.80. The summed E-state index contributed by atoms with van der Waals surface area (Å²) in [6.45, 7) is -0.0485. The van der Waals surface area contributed by atoms with Crippen LogP contribution in [-0.2, 0) is 11.3 Å². The predicted molar refractivity (Wildman–Crippen MR) is 38.9 cm³/mol. The molecule has 0 unspecified atom stereocenters. The number of hydrogen-bond acceptors (Lipinski definition) is 1. The quantitative estimate of drug-likeness (QED) is 0.676. The number of halogens is 2. The van der Waals surface area contributed by atoms with Crippen LogP contribution < -0.4 is 5.32 Å². The molecule has 0 aliphatic rings. The molecule has 1 rings (SSSR count). The van der Waals surface area contributed by atoms with Crippen molar-refractivity contribution in [3.8, 4) is 0 Å². The van der Waals surface area contributed by atoms with Gasteiger partial charge in [-0.2, -0.15) is 0 Å². The van der Waals surface area contributed by atoms with E-state index in [1.165, 1.54) is 18.5 Å². The summed E-state index contributed by atoms with van der Waals surface area (Å²) in [6, 6.07) is 3.78. The molecule has 1 aromatic rings. The van der Waals surface area contributed by atoms with Gasteiger partial charge in [0.1, 0.15) is 0 Å². The fraction of sp³-hybridized carbons (Fsp3) is 0.125. The van der Waals surface area contributed by atoms with Gasteiger partial charge in [0, 0.05) is 12.1 Å². The van der Waals surface area contributed by atoms with E-state index in [0.717, 1.165) is 6.07 Å². The van der Waals surface area contributed by atoms with Gasteiger partial charge in [0.2, 0.25) is 0 Å². The average Bonchev–Trinajstić information content (AvgIpc) is 2.08. The van der Waals surface area contributed by atoms with Crippen LogP contribution in [0.1, 0.15) is 5.56 Å². The van der Waals surface area contributed by atoms with Gasteiger partial charge < -0.3 is 5.32 Å². The molecule has 1 amide bonds. The first-order valence-corrected chi connectivity index (χ1v) is 3.28. The molecule has 1 aromatic carbocycles. The van der Waals surface area contributed by atoms with Crippen molar-refractivity contribution in [3.05, 3.63) is 35.4 Å². The minimum Gasteiger partial charge on any atom is -0.344 e. The molecule has 0 aliphatic heterocycles. The van der Waals surface area contributed by atoms with Gasteiger partial charge in [-0.1, -0.05) is 12.1 Å². The first-order chi connectivity index (χ1) is 5.75. The fourth-order valence-electron chi connectivity index (χ4n) is 0.816. The van der Waals surface area contributed by atoms with E-state index >= 15 is 0 Å². The number of rotatable bonds is 3. The molecule has 0 aliphatic carbocycles. The van der Waals surface area contributed by atoms with Crippen LogP contribution in [0.25, 0.3) is 0 Å². The van der Waals surface area contributed by atoms with E-state index in [1.54, 1.807) is 0 Å². The predicted octanol–water partition coefficient (Wildman–Crippen LogP) is 1.12. The Morgan fingerprint density at radius 3 is 2.83 bits per heavy atom. The minimum absolute atomic E-state index is 0.0485. The molecule has 0 heterocycles. The molecule has 4 heteroatoms. The lowest BCUT2D eigenvalue weighted by Gasteiger charge is -2.00. The molecular weight excluding hydrogens is 164 g/mol. The summed E-state index contributed by atoms with van der Waals surface area (Å²) in [6.07, 6.45) is 1.37. The van der Waals surface area contributed by atoms with E-state index in [2.05, 4.69) is 5.32 Å². The number of nitrogens with one attached hydrogen (secondary N) is 1. The van der Waals surface area contributed by atoms with E-state index < -0.39 is 11.6 Å². The molecule has 12 heavy (non-hydrogen) atoms. The molecule has 0 saturated heterocycles. The van der Waals surface area contributed by atoms with Crippen molar-refractivity contribution in [2.75, 3.05) is 0 Å². The van der Waals surface area contributed by atoms with E-state index in [1.807, 2.05) is 0 Å². The monoisotopic (exact) mass is 170 g/mol. The summed E-state index contributed by atoms with van der Waals surface area (Å²) in [5, 5.41) is 2.12. The third-order valence-corrected chi connectivity index (χ3v) is 1.38. The Kier molecular flexibility index (Phi) is 2.74. The highest BCUT2D eigenvalue weighted by atomic mass is 19.2. The summed E-state index contributed by atoms with van der Waals surface area (Å²) in [4.78, 5) is 9.72. The van der Waals surface area contributed by atoms with E-state index in [4.69, 9.17) is 0 Å². The second-order valence-electron chi connectivity index (χ2n) is 2.17. The Labute approximate surface area is 68.2 Å². The molecule has 0 aromatic heterocycles. The van der Waals surface area contributed by atoms with Gasteiger partial charge in [0.15, 0.2) is 11.6 Å². The Balaban J connectivity index is 2.84. The van der Waals surface area contributed by atoms with Gasteiger partial charge in [0.05, 0.1) is 0 Å². The minimum atomic E-state index is -0.930. The number of hydrogen-bond donors (Lipinski definition) is 1. The zero-order valence-corrected chi connectivity index (χ0v) is 6.10. The van der Waals surface area contributed by atoms with Crippen LogP contribution in [0.15, 0.2) is 18.2 Å². The van der Waals surface area contributed by atoms with Crippen molar-refractivity contribution in [2.45, 2.75) is 6.54 Å². The van der Waals surface area contributed by atoms with Crippen LogP contribution in [0.3, 0.4) is 0 Å². The molecule has 1 radical (unpaired) electrons. The van der Waals surface area contributed by atoms with E-state index in [-0.39, 0.29) is 12.1 Å². The Bertz CT molecular complexity index is 288. The molecule has 0 saturated carbocycles. The van der Waals surface area contributed by atoms with Gasteiger partial charge in [-0.25, -0.2) is 8.78 Å². The maximum atomic E-state index is 12.8. The molecule has 1 N–H and O–H groups in total. The van der Waals surface area contributed by atoms with Crippen LogP contribution in [0, 0.1) is 11.6 Å². The Morgan fingerprint density at radius 1 is 1.42 bits per heavy atom. The highest BCUT2D eigenvalue weighted by Gasteiger charge is 2.05. The van der Waals surface area contributed by atoms with Crippen LogP contribution in [0.5, 0.6) is 0 Å². The van der Waals surface area contributed by atoms with Crippen molar-refractivity contribution in [2.24, 2.45) is 0 Å². The first kappa shape index (κ1) is 8.64. The lowest BCUT2D eigenvalue weighted by atomic mass is 10.2. The van der Waals surface area contributed by atoms with Crippen molar-refractivity contribution < 1.29 is 13.6 Å². The van der Waals surface area contributed by atoms with Gasteiger partial charge in [-0.3, -0.25) is 4.79 Å². The lowest BCUT2D eigenvalue weighted by Crippen LogP contribution is -2.11. The largest absolute Gasteiger partial charge is 0.344 e. The van der Waals surface area contributed by atoms with Gasteiger partial charge >= 0.3 is 6.41 Å². The van der Waals surface area contributed by atoms with Crippen molar-refractivity contribution >= 4 is 6.41 Å². The Hall–Kier alpha value is -1.45. The molecule has 0 spiro atoms. The first-order valence-electron chi connectivity index (χ1n) is 3.28. The van der Waals surface area contributed by atoms with Crippen molar-refractivity contribution in [1.29, 1.82) is 0 Å². The lowest BCUT2D eigenvalue weighted by molar-refractivity contribution is 0.494. The highest BCUT2D eigenvalue weighted by Crippen LogP contribution is 2.10. The SMILES string of the molecule is O=[C]NCc1cccc(F)c1F.